The van der Waals surface area contributed by atoms with E-state index in [0.29, 0.717) is 42.6 Å². The Hall–Kier alpha value is -3.66. The summed E-state index contributed by atoms with van der Waals surface area (Å²) >= 11 is 0. The summed E-state index contributed by atoms with van der Waals surface area (Å²) in [6.07, 6.45) is 2.95. The molecule has 10 heteroatoms. The number of nitrogens with zero attached hydrogens (tertiary/aromatic N) is 5. The van der Waals surface area contributed by atoms with Gasteiger partial charge in [-0.05, 0) is 18.2 Å². The van der Waals surface area contributed by atoms with Crippen LogP contribution in [-0.2, 0) is 13.6 Å². The molecule has 0 spiro atoms. The largest absolute Gasteiger partial charge is 0.496 e. The summed E-state index contributed by atoms with van der Waals surface area (Å²) in [5.74, 6) is 0.0923. The van der Waals surface area contributed by atoms with Crippen molar-refractivity contribution in [1.29, 1.82) is 0 Å². The lowest BCUT2D eigenvalue weighted by Gasteiger charge is -2.36. The van der Waals surface area contributed by atoms with Crippen molar-refractivity contribution >= 4 is 22.5 Å². The number of hydrogen-bond acceptors (Lipinski definition) is 7. The van der Waals surface area contributed by atoms with Crippen LogP contribution in [0.5, 0.6) is 5.75 Å². The molecule has 32 heavy (non-hydrogen) atoms. The Morgan fingerprint density at radius 2 is 1.91 bits per heavy atom. The summed E-state index contributed by atoms with van der Waals surface area (Å²) in [5, 5.41) is 9.57. The molecule has 1 N–H and O–H groups in total. The average Bonchev–Trinajstić information content (AvgIpc) is 2.82. The third-order valence-electron chi connectivity index (χ3n) is 5.72. The highest BCUT2D eigenvalue weighted by molar-refractivity contribution is 5.96. The van der Waals surface area contributed by atoms with E-state index >= 15 is 0 Å². The van der Waals surface area contributed by atoms with Gasteiger partial charge in [-0.2, -0.15) is 0 Å². The van der Waals surface area contributed by atoms with E-state index in [1.54, 1.807) is 18.0 Å². The molecule has 3 aromatic rings. The van der Waals surface area contributed by atoms with Crippen LogP contribution in [0.3, 0.4) is 0 Å². The Morgan fingerprint density at radius 3 is 2.59 bits per heavy atom. The molecule has 0 bridgehead atoms. The lowest BCUT2D eigenvalue weighted by atomic mass is 10.1. The van der Waals surface area contributed by atoms with Gasteiger partial charge in [-0.15, -0.1) is 0 Å². The molecule has 0 aliphatic carbocycles. The van der Waals surface area contributed by atoms with Gasteiger partial charge in [-0.1, -0.05) is 0 Å². The standard InChI is InChI=1S/C22H25N5O5/c1-24-13-17(19(32-2)12-20(24)29)22(31)26-7-5-25(6-8-26)15-3-4-16-18(11-15)23-14-27(9-10-28)21(16)30/h3-4,11-14,28H,5-10H2,1-2H3. The van der Waals surface area contributed by atoms with Gasteiger partial charge in [-0.25, -0.2) is 4.98 Å². The van der Waals surface area contributed by atoms with Crippen LogP contribution in [0, 0.1) is 0 Å². The van der Waals surface area contributed by atoms with Gasteiger partial charge in [0.1, 0.15) is 5.75 Å². The van der Waals surface area contributed by atoms with Gasteiger partial charge in [0.25, 0.3) is 17.0 Å². The zero-order chi connectivity index (χ0) is 22.8. The monoisotopic (exact) mass is 439 g/mol. The number of benzene rings is 1. The summed E-state index contributed by atoms with van der Waals surface area (Å²) in [6, 6.07) is 6.82. The van der Waals surface area contributed by atoms with Crippen LogP contribution in [0.25, 0.3) is 10.9 Å². The number of aliphatic hydroxyl groups is 1. The van der Waals surface area contributed by atoms with Crippen LogP contribution >= 0.6 is 0 Å². The van der Waals surface area contributed by atoms with Crippen molar-refractivity contribution < 1.29 is 14.6 Å². The Bertz CT molecular complexity index is 1270. The van der Waals surface area contributed by atoms with Crippen LogP contribution in [-0.4, -0.2) is 69.9 Å². The number of amides is 1. The number of aromatic nitrogens is 3. The second kappa shape index (κ2) is 8.83. The maximum atomic E-state index is 13.0. The molecule has 0 atom stereocenters. The van der Waals surface area contributed by atoms with Crippen LogP contribution in [0.1, 0.15) is 10.4 Å². The molecule has 1 saturated heterocycles. The Labute approximate surface area is 183 Å². The summed E-state index contributed by atoms with van der Waals surface area (Å²) in [4.78, 5) is 45.6. The predicted octanol–water partition coefficient (Wildman–Crippen LogP) is 0.0585. The summed E-state index contributed by atoms with van der Waals surface area (Å²) < 4.78 is 7.99. The first-order chi connectivity index (χ1) is 15.4. The highest BCUT2D eigenvalue weighted by Crippen LogP contribution is 2.22. The van der Waals surface area contributed by atoms with Gasteiger partial charge in [-0.3, -0.25) is 19.0 Å². The molecule has 2 aromatic heterocycles. The molecule has 0 radical (unpaired) electrons. The van der Waals surface area contributed by atoms with E-state index in [1.807, 2.05) is 12.1 Å². The zero-order valence-electron chi connectivity index (χ0n) is 18.0. The second-order valence-corrected chi connectivity index (χ2v) is 7.65. The van der Waals surface area contributed by atoms with Crippen LogP contribution in [0.15, 0.2) is 46.4 Å². The number of piperazine rings is 1. The molecule has 0 saturated carbocycles. The van der Waals surface area contributed by atoms with Crippen molar-refractivity contribution in [3.63, 3.8) is 0 Å². The number of carbonyl (C=O) groups excluding carboxylic acids is 1. The van der Waals surface area contributed by atoms with Crippen LogP contribution in [0.4, 0.5) is 5.69 Å². The fraction of sp³-hybridized carbons (Fsp3) is 0.364. The SMILES string of the molecule is COc1cc(=O)n(C)cc1C(=O)N1CCN(c2ccc3c(=O)n(CCO)cnc3c2)CC1. The average molecular weight is 439 g/mol. The first-order valence-electron chi connectivity index (χ1n) is 10.3. The fourth-order valence-electron chi connectivity index (χ4n) is 3.89. The third kappa shape index (κ3) is 3.96. The van der Waals surface area contributed by atoms with Crippen LogP contribution in [0.2, 0.25) is 0 Å². The minimum Gasteiger partial charge on any atom is -0.496 e. The zero-order valence-corrected chi connectivity index (χ0v) is 18.0. The number of aryl methyl sites for hydroxylation is 1. The van der Waals surface area contributed by atoms with Gasteiger partial charge in [0.05, 0.1) is 43.1 Å². The highest BCUT2D eigenvalue weighted by atomic mass is 16.5. The van der Waals surface area contributed by atoms with Crippen molar-refractivity contribution in [2.75, 3.05) is 44.8 Å². The molecule has 1 fully saturated rings. The van der Waals surface area contributed by atoms with Gasteiger partial charge in [0.2, 0.25) is 0 Å². The molecular weight excluding hydrogens is 414 g/mol. The lowest BCUT2D eigenvalue weighted by molar-refractivity contribution is 0.0742. The topological polar surface area (TPSA) is 110 Å². The molecule has 168 valence electrons. The van der Waals surface area contributed by atoms with E-state index in [1.165, 1.54) is 34.8 Å². The molecule has 10 nitrogen and oxygen atoms in total. The van der Waals surface area contributed by atoms with Crippen molar-refractivity contribution in [3.8, 4) is 5.75 Å². The van der Waals surface area contributed by atoms with E-state index in [9.17, 15) is 14.4 Å². The van der Waals surface area contributed by atoms with Gasteiger partial charge in [0, 0.05) is 51.2 Å². The summed E-state index contributed by atoms with van der Waals surface area (Å²) in [6.45, 7) is 2.34. The maximum Gasteiger partial charge on any atom is 0.261 e. The van der Waals surface area contributed by atoms with Crippen molar-refractivity contribution in [2.24, 2.45) is 7.05 Å². The first kappa shape index (κ1) is 21.6. The molecule has 4 rings (SSSR count). The smallest absolute Gasteiger partial charge is 0.261 e. The molecular formula is C22H25N5O5. The summed E-state index contributed by atoms with van der Waals surface area (Å²) in [5.41, 5.74) is 1.46. The molecule has 1 aliphatic rings. The second-order valence-electron chi connectivity index (χ2n) is 7.65. The van der Waals surface area contributed by atoms with E-state index in [0.717, 1.165) is 5.69 Å². The molecule has 1 amide bonds. The van der Waals surface area contributed by atoms with E-state index in [-0.39, 0.29) is 35.9 Å². The molecule has 1 aliphatic heterocycles. The number of carbonyl (C=O) groups is 1. The number of methoxy groups -OCH3 is 1. The minimum atomic E-state index is -0.240. The molecule has 0 unspecified atom stereocenters. The normalized spacial score (nSPS) is 14.1. The van der Waals surface area contributed by atoms with E-state index in [2.05, 4.69) is 9.88 Å². The maximum absolute atomic E-state index is 13.0. The molecule has 3 heterocycles. The van der Waals surface area contributed by atoms with Crippen molar-refractivity contribution in [3.05, 3.63) is 63.1 Å². The predicted molar refractivity (Wildman–Crippen MR) is 119 cm³/mol. The number of fused-ring (bicyclic) bond motifs is 1. The van der Waals surface area contributed by atoms with Crippen LogP contribution < -0.4 is 20.8 Å². The van der Waals surface area contributed by atoms with Gasteiger partial charge < -0.3 is 24.2 Å². The number of ether oxygens (including phenoxy) is 1. The Morgan fingerprint density at radius 1 is 1.16 bits per heavy atom. The molecule has 1 aromatic carbocycles. The quantitative estimate of drug-likeness (QED) is 0.599. The number of aliphatic hydroxyl groups excluding tert-OH is 1. The minimum absolute atomic E-state index is 0.126. The fourth-order valence-corrected chi connectivity index (χ4v) is 3.89. The number of hydrogen-bond donors (Lipinski definition) is 1. The Balaban J connectivity index is 1.50. The van der Waals surface area contributed by atoms with Gasteiger partial charge in [0.15, 0.2) is 0 Å². The number of anilines is 1. The number of rotatable bonds is 5. The van der Waals surface area contributed by atoms with Gasteiger partial charge >= 0.3 is 0 Å². The summed E-state index contributed by atoms with van der Waals surface area (Å²) in [7, 11) is 3.04. The third-order valence-corrected chi connectivity index (χ3v) is 5.72. The first-order valence-corrected chi connectivity index (χ1v) is 10.3. The van der Waals surface area contributed by atoms with Crippen molar-refractivity contribution in [1.82, 2.24) is 19.0 Å². The van der Waals surface area contributed by atoms with E-state index in [4.69, 9.17) is 9.84 Å². The van der Waals surface area contributed by atoms with Crippen molar-refractivity contribution in [2.45, 2.75) is 6.54 Å². The Kier molecular flexibility index (Phi) is 5.95. The van der Waals surface area contributed by atoms with E-state index < -0.39 is 0 Å². The highest BCUT2D eigenvalue weighted by Gasteiger charge is 2.25. The lowest BCUT2D eigenvalue weighted by Crippen LogP contribution is -2.49. The number of pyridine rings is 1.